The van der Waals surface area contributed by atoms with Crippen LogP contribution in [0.15, 0.2) is 54.6 Å². The molecule has 0 radical (unpaired) electrons. The Morgan fingerprint density at radius 1 is 1.05 bits per heavy atom. The third kappa shape index (κ3) is 3.52. The van der Waals surface area contributed by atoms with Crippen molar-refractivity contribution in [3.05, 3.63) is 54.6 Å². The topological polar surface area (TPSA) is 30.5 Å². The van der Waals surface area contributed by atoms with Crippen molar-refractivity contribution in [3.8, 4) is 11.5 Å². The average molecular weight is 269 g/mol. The normalized spacial score (nSPS) is 17.9. The van der Waals surface area contributed by atoms with Crippen LogP contribution >= 0.6 is 0 Å². The molecule has 2 aromatic rings. The summed E-state index contributed by atoms with van der Waals surface area (Å²) in [5.41, 5.74) is 1.06. The maximum atomic E-state index is 5.82. The Kier molecular flexibility index (Phi) is 4.19. The van der Waals surface area contributed by atoms with Gasteiger partial charge >= 0.3 is 0 Å². The molecule has 2 aromatic carbocycles. The summed E-state index contributed by atoms with van der Waals surface area (Å²) in [6.07, 6.45) is 2.66. The van der Waals surface area contributed by atoms with Gasteiger partial charge in [0, 0.05) is 24.9 Å². The molecule has 0 amide bonds. The molecule has 0 aromatic heterocycles. The maximum absolute atomic E-state index is 5.82. The molecule has 3 nitrogen and oxygen atoms in total. The molecule has 1 aliphatic heterocycles. The Bertz CT molecular complexity index is 536. The SMILES string of the molecule is c1ccc(Oc2cccc(NCC3CCCO3)c2)cc1. The number of nitrogens with one attached hydrogen (secondary N) is 1. The number of benzene rings is 2. The lowest BCUT2D eigenvalue weighted by Crippen LogP contribution is -2.18. The van der Waals surface area contributed by atoms with Crippen LogP contribution in [0.2, 0.25) is 0 Å². The van der Waals surface area contributed by atoms with E-state index in [2.05, 4.69) is 5.32 Å². The molecule has 1 fully saturated rings. The largest absolute Gasteiger partial charge is 0.457 e. The van der Waals surface area contributed by atoms with E-state index in [0.29, 0.717) is 6.10 Å². The molecule has 3 heteroatoms. The predicted octanol–water partition coefficient (Wildman–Crippen LogP) is 4.07. The van der Waals surface area contributed by atoms with Gasteiger partial charge in [0.2, 0.25) is 0 Å². The smallest absolute Gasteiger partial charge is 0.129 e. The fourth-order valence-corrected chi connectivity index (χ4v) is 2.33. The number of anilines is 1. The van der Waals surface area contributed by atoms with E-state index in [1.807, 2.05) is 54.6 Å². The van der Waals surface area contributed by atoms with Crippen LogP contribution in [0.5, 0.6) is 11.5 Å². The molecular weight excluding hydrogens is 250 g/mol. The standard InChI is InChI=1S/C17H19NO2/c1-2-7-15(8-3-1)20-16-9-4-6-14(12-16)18-13-17-10-5-11-19-17/h1-4,6-9,12,17-18H,5,10-11,13H2. The van der Waals surface area contributed by atoms with Crippen LogP contribution in [-0.2, 0) is 4.74 Å². The first-order valence-corrected chi connectivity index (χ1v) is 7.08. The summed E-state index contributed by atoms with van der Waals surface area (Å²) >= 11 is 0. The van der Waals surface area contributed by atoms with E-state index in [1.165, 1.54) is 6.42 Å². The van der Waals surface area contributed by atoms with Crippen molar-refractivity contribution in [2.45, 2.75) is 18.9 Å². The van der Waals surface area contributed by atoms with Gasteiger partial charge in [-0.2, -0.15) is 0 Å². The van der Waals surface area contributed by atoms with E-state index < -0.39 is 0 Å². The summed E-state index contributed by atoms with van der Waals surface area (Å²) < 4.78 is 11.4. The van der Waals surface area contributed by atoms with E-state index in [1.54, 1.807) is 0 Å². The molecule has 104 valence electrons. The zero-order valence-electron chi connectivity index (χ0n) is 11.4. The molecule has 1 unspecified atom stereocenters. The summed E-state index contributed by atoms with van der Waals surface area (Å²) in [5, 5.41) is 3.41. The van der Waals surface area contributed by atoms with Crippen LogP contribution in [0.4, 0.5) is 5.69 Å². The van der Waals surface area contributed by atoms with Crippen LogP contribution in [-0.4, -0.2) is 19.3 Å². The maximum Gasteiger partial charge on any atom is 0.129 e. The molecule has 1 N–H and O–H groups in total. The highest BCUT2D eigenvalue weighted by Gasteiger charge is 2.14. The van der Waals surface area contributed by atoms with Crippen molar-refractivity contribution in [1.29, 1.82) is 0 Å². The van der Waals surface area contributed by atoms with E-state index in [-0.39, 0.29) is 0 Å². The van der Waals surface area contributed by atoms with Crippen molar-refractivity contribution in [2.75, 3.05) is 18.5 Å². The van der Waals surface area contributed by atoms with Crippen LogP contribution < -0.4 is 10.1 Å². The Labute approximate surface area is 119 Å². The van der Waals surface area contributed by atoms with Crippen LogP contribution in [0.1, 0.15) is 12.8 Å². The lowest BCUT2D eigenvalue weighted by molar-refractivity contribution is 0.120. The highest BCUT2D eigenvalue weighted by atomic mass is 16.5. The van der Waals surface area contributed by atoms with Crippen molar-refractivity contribution >= 4 is 5.69 Å². The second kappa shape index (κ2) is 6.44. The fraction of sp³-hybridized carbons (Fsp3) is 0.294. The number of para-hydroxylation sites is 1. The molecular formula is C17H19NO2. The summed E-state index contributed by atoms with van der Waals surface area (Å²) in [4.78, 5) is 0. The van der Waals surface area contributed by atoms with Gasteiger partial charge in [0.05, 0.1) is 6.10 Å². The second-order valence-electron chi connectivity index (χ2n) is 4.96. The number of ether oxygens (including phenoxy) is 2. The average Bonchev–Trinajstić information content (AvgIpc) is 3.00. The molecule has 20 heavy (non-hydrogen) atoms. The lowest BCUT2D eigenvalue weighted by Gasteiger charge is -2.13. The molecule has 1 saturated heterocycles. The third-order valence-corrected chi connectivity index (χ3v) is 3.37. The summed E-state index contributed by atoms with van der Waals surface area (Å²) in [7, 11) is 0. The zero-order chi connectivity index (χ0) is 13.6. The van der Waals surface area contributed by atoms with Gasteiger partial charge in [0.1, 0.15) is 11.5 Å². The molecule has 1 aliphatic rings. The highest BCUT2D eigenvalue weighted by Crippen LogP contribution is 2.24. The second-order valence-corrected chi connectivity index (χ2v) is 4.96. The molecule has 0 aliphatic carbocycles. The Morgan fingerprint density at radius 2 is 1.90 bits per heavy atom. The highest BCUT2D eigenvalue weighted by molar-refractivity contribution is 5.49. The Balaban J connectivity index is 1.60. The Hall–Kier alpha value is -2.00. The van der Waals surface area contributed by atoms with Gasteiger partial charge in [-0.3, -0.25) is 0 Å². The van der Waals surface area contributed by atoms with Gasteiger partial charge in [-0.15, -0.1) is 0 Å². The minimum absolute atomic E-state index is 0.341. The number of hydrogen-bond donors (Lipinski definition) is 1. The first kappa shape index (κ1) is 13.0. The summed E-state index contributed by atoms with van der Waals surface area (Å²) in [6, 6.07) is 17.8. The van der Waals surface area contributed by atoms with Crippen molar-refractivity contribution in [1.82, 2.24) is 0 Å². The van der Waals surface area contributed by atoms with E-state index in [9.17, 15) is 0 Å². The Morgan fingerprint density at radius 3 is 2.70 bits per heavy atom. The predicted molar refractivity (Wildman–Crippen MR) is 80.4 cm³/mol. The van der Waals surface area contributed by atoms with Gasteiger partial charge in [0.15, 0.2) is 0 Å². The lowest BCUT2D eigenvalue weighted by atomic mass is 10.2. The quantitative estimate of drug-likeness (QED) is 0.887. The van der Waals surface area contributed by atoms with E-state index >= 15 is 0 Å². The molecule has 0 spiro atoms. The van der Waals surface area contributed by atoms with Crippen molar-refractivity contribution < 1.29 is 9.47 Å². The third-order valence-electron chi connectivity index (χ3n) is 3.37. The van der Waals surface area contributed by atoms with Crippen molar-refractivity contribution in [2.24, 2.45) is 0 Å². The molecule has 1 atom stereocenters. The monoisotopic (exact) mass is 269 g/mol. The summed E-state index contributed by atoms with van der Waals surface area (Å²) in [5.74, 6) is 1.69. The molecule has 0 bridgehead atoms. The summed E-state index contributed by atoms with van der Waals surface area (Å²) in [6.45, 7) is 1.75. The molecule has 0 saturated carbocycles. The molecule has 3 rings (SSSR count). The van der Waals surface area contributed by atoms with E-state index in [0.717, 1.165) is 36.8 Å². The van der Waals surface area contributed by atoms with Gasteiger partial charge < -0.3 is 14.8 Å². The van der Waals surface area contributed by atoms with Gasteiger partial charge in [0.25, 0.3) is 0 Å². The van der Waals surface area contributed by atoms with E-state index in [4.69, 9.17) is 9.47 Å². The van der Waals surface area contributed by atoms with Gasteiger partial charge in [-0.1, -0.05) is 24.3 Å². The van der Waals surface area contributed by atoms with Crippen LogP contribution in [0.3, 0.4) is 0 Å². The minimum atomic E-state index is 0.341. The van der Waals surface area contributed by atoms with Crippen LogP contribution in [0.25, 0.3) is 0 Å². The van der Waals surface area contributed by atoms with Crippen LogP contribution in [0, 0.1) is 0 Å². The molecule has 1 heterocycles. The number of hydrogen-bond acceptors (Lipinski definition) is 3. The van der Waals surface area contributed by atoms with Crippen molar-refractivity contribution in [3.63, 3.8) is 0 Å². The zero-order valence-corrected chi connectivity index (χ0v) is 11.4. The number of rotatable bonds is 5. The first-order chi connectivity index (χ1) is 9.90. The van der Waals surface area contributed by atoms with Gasteiger partial charge in [-0.25, -0.2) is 0 Å². The van der Waals surface area contributed by atoms with Gasteiger partial charge in [-0.05, 0) is 37.1 Å². The fourth-order valence-electron chi connectivity index (χ4n) is 2.33. The minimum Gasteiger partial charge on any atom is -0.457 e. The first-order valence-electron chi connectivity index (χ1n) is 7.08.